The fourth-order valence-electron chi connectivity index (χ4n) is 3.08. The number of amides is 1. The van der Waals surface area contributed by atoms with Crippen LogP contribution in [0.2, 0.25) is 0 Å². The van der Waals surface area contributed by atoms with E-state index in [0.717, 1.165) is 28.7 Å². The van der Waals surface area contributed by atoms with Crippen LogP contribution in [-0.2, 0) is 6.18 Å². The van der Waals surface area contributed by atoms with Crippen molar-refractivity contribution >= 4 is 33.3 Å². The third-order valence-corrected chi connectivity index (χ3v) is 5.18. The van der Waals surface area contributed by atoms with Crippen molar-refractivity contribution in [1.29, 1.82) is 5.26 Å². The fourth-order valence-corrected chi connectivity index (χ4v) is 3.70. The Hall–Kier alpha value is -4.78. The molecule has 5 aromatic heterocycles. The number of nitrogens with zero attached hydrogens (tertiary/aromatic N) is 10. The van der Waals surface area contributed by atoms with E-state index in [4.69, 9.17) is 0 Å². The minimum absolute atomic E-state index is 0.00681. The summed E-state index contributed by atoms with van der Waals surface area (Å²) in [6, 6.07) is 3.12. The lowest BCUT2D eigenvalue weighted by molar-refractivity contribution is -0.143. The first kappa shape index (κ1) is 21.1. The van der Waals surface area contributed by atoms with Gasteiger partial charge >= 0.3 is 6.18 Å². The van der Waals surface area contributed by atoms with Gasteiger partial charge in [0.25, 0.3) is 5.91 Å². The first-order valence-corrected chi connectivity index (χ1v) is 10.0. The Labute approximate surface area is 190 Å². The highest BCUT2D eigenvalue weighted by molar-refractivity contribution is 7.16. The number of hydrogen-bond acceptors (Lipinski definition) is 10. The fraction of sp³-hybridized carbons (Fsp3) is 0.0556. The molecule has 1 N–H and O–H groups in total. The molecule has 34 heavy (non-hydrogen) atoms. The quantitative estimate of drug-likeness (QED) is 0.406. The number of halogens is 3. The lowest BCUT2D eigenvalue weighted by Gasteiger charge is -2.12. The maximum absolute atomic E-state index is 14.0. The summed E-state index contributed by atoms with van der Waals surface area (Å²) in [5.41, 5.74) is -0.599. The monoisotopic (exact) mass is 483 g/mol. The number of carbonyl (C=O) groups is 1. The zero-order valence-corrected chi connectivity index (χ0v) is 17.3. The molecule has 16 heteroatoms. The third-order valence-electron chi connectivity index (χ3n) is 4.45. The summed E-state index contributed by atoms with van der Waals surface area (Å²) in [5.74, 6) is -1.25. The van der Waals surface area contributed by atoms with Crippen LogP contribution in [0.15, 0.2) is 42.7 Å². The van der Waals surface area contributed by atoms with Crippen molar-refractivity contribution in [3.05, 3.63) is 59.5 Å². The Kier molecular flexibility index (Phi) is 4.94. The second kappa shape index (κ2) is 7.97. The smallest absolute Gasteiger partial charge is 0.320 e. The van der Waals surface area contributed by atoms with Crippen LogP contribution in [0.4, 0.5) is 18.9 Å². The van der Waals surface area contributed by atoms with Crippen molar-refractivity contribution < 1.29 is 18.0 Å². The molecule has 5 heterocycles. The summed E-state index contributed by atoms with van der Waals surface area (Å²) in [5, 5.41) is 23.2. The van der Waals surface area contributed by atoms with Gasteiger partial charge in [0.15, 0.2) is 17.3 Å². The van der Waals surface area contributed by atoms with E-state index in [-0.39, 0.29) is 28.4 Å². The highest BCUT2D eigenvalue weighted by Gasteiger charge is 2.41. The normalized spacial score (nSPS) is 11.5. The zero-order valence-electron chi connectivity index (χ0n) is 16.5. The minimum atomic E-state index is -4.96. The number of thiazole rings is 1. The molecule has 0 aromatic carbocycles. The number of nitrogens with one attached hydrogen (secondary N) is 1. The van der Waals surface area contributed by atoms with E-state index >= 15 is 0 Å². The van der Waals surface area contributed by atoms with Crippen LogP contribution >= 0.6 is 11.3 Å². The van der Waals surface area contributed by atoms with Gasteiger partial charge in [-0.2, -0.15) is 33.7 Å². The third kappa shape index (κ3) is 3.59. The second-order valence-electron chi connectivity index (χ2n) is 6.50. The topological polar surface area (TPSA) is 153 Å². The minimum Gasteiger partial charge on any atom is -0.320 e. The Bertz CT molecular complexity index is 1570. The number of anilines is 1. The van der Waals surface area contributed by atoms with Crippen molar-refractivity contribution in [3.8, 4) is 17.7 Å². The summed E-state index contributed by atoms with van der Waals surface area (Å²) < 4.78 is 42.5. The molecular formula is C18H8F3N11OS. The van der Waals surface area contributed by atoms with Crippen LogP contribution in [0.1, 0.15) is 21.6 Å². The van der Waals surface area contributed by atoms with Crippen molar-refractivity contribution in [2.45, 2.75) is 6.18 Å². The Morgan fingerprint density at radius 1 is 1.06 bits per heavy atom. The molecule has 0 aliphatic carbocycles. The van der Waals surface area contributed by atoms with Gasteiger partial charge in [0, 0.05) is 0 Å². The molecule has 5 aromatic rings. The molecule has 0 bridgehead atoms. The summed E-state index contributed by atoms with van der Waals surface area (Å²) in [7, 11) is 0. The summed E-state index contributed by atoms with van der Waals surface area (Å²) in [6.45, 7) is 0. The number of nitriles is 1. The predicted octanol–water partition coefficient (Wildman–Crippen LogP) is 2.39. The van der Waals surface area contributed by atoms with Crippen molar-refractivity contribution in [1.82, 2.24) is 44.7 Å². The largest absolute Gasteiger partial charge is 0.434 e. The molecular weight excluding hydrogens is 475 g/mol. The van der Waals surface area contributed by atoms with E-state index in [0.29, 0.717) is 9.51 Å². The first-order valence-electron chi connectivity index (χ1n) is 9.15. The van der Waals surface area contributed by atoms with Gasteiger partial charge in [0.2, 0.25) is 0 Å². The molecule has 12 nitrogen and oxygen atoms in total. The molecule has 5 rings (SSSR count). The molecule has 0 aliphatic rings. The van der Waals surface area contributed by atoms with Crippen molar-refractivity contribution in [3.63, 3.8) is 0 Å². The van der Waals surface area contributed by atoms with Crippen LogP contribution < -0.4 is 5.32 Å². The molecule has 0 spiro atoms. The number of alkyl halides is 3. The SMILES string of the molecule is N#Cc1cc(NC(=O)c2cnn(-c3ncnc4scnc34)c2C(F)(F)F)cnc1-n1nccn1. The standard InChI is InChI=1S/C18H8F3N11OS/c19-18(20,21)13-11(6-29-31(13)15-12-17(25-7-24-15)34-8-26-12)16(33)30-10-3-9(4-22)14(23-5-10)32-27-1-2-28-32/h1-3,5-8H,(H,30,33). The molecule has 0 fully saturated rings. The van der Waals surface area contributed by atoms with Gasteiger partial charge in [-0.25, -0.2) is 24.6 Å². The van der Waals surface area contributed by atoms with E-state index in [1.165, 1.54) is 30.2 Å². The van der Waals surface area contributed by atoms with Crippen molar-refractivity contribution in [2.24, 2.45) is 0 Å². The van der Waals surface area contributed by atoms with E-state index in [9.17, 15) is 23.2 Å². The maximum Gasteiger partial charge on any atom is 0.434 e. The number of carbonyl (C=O) groups excluding carboxylic acids is 1. The highest BCUT2D eigenvalue weighted by Crippen LogP contribution is 2.35. The molecule has 168 valence electrons. The van der Waals surface area contributed by atoms with Gasteiger partial charge in [-0.05, 0) is 6.07 Å². The van der Waals surface area contributed by atoms with Crippen molar-refractivity contribution in [2.75, 3.05) is 5.32 Å². The average molecular weight is 483 g/mol. The first-order chi connectivity index (χ1) is 16.4. The zero-order chi connectivity index (χ0) is 23.9. The number of aromatic nitrogens is 9. The number of hydrogen-bond donors (Lipinski definition) is 1. The van der Waals surface area contributed by atoms with Crippen LogP contribution in [0.3, 0.4) is 0 Å². The predicted molar refractivity (Wildman–Crippen MR) is 109 cm³/mol. The Morgan fingerprint density at radius 3 is 2.59 bits per heavy atom. The summed E-state index contributed by atoms with van der Waals surface area (Å²) in [4.78, 5) is 30.1. The van der Waals surface area contributed by atoms with Crippen LogP contribution in [0.25, 0.3) is 22.0 Å². The van der Waals surface area contributed by atoms with Gasteiger partial charge in [0.1, 0.15) is 28.3 Å². The van der Waals surface area contributed by atoms with Gasteiger partial charge in [0.05, 0.1) is 41.5 Å². The molecule has 0 atom stereocenters. The van der Waals surface area contributed by atoms with Gasteiger partial charge in [-0.15, -0.1) is 16.1 Å². The molecule has 0 unspecified atom stereocenters. The van der Waals surface area contributed by atoms with Gasteiger partial charge < -0.3 is 5.32 Å². The number of pyridine rings is 1. The van der Waals surface area contributed by atoms with E-state index in [2.05, 4.69) is 40.5 Å². The summed E-state index contributed by atoms with van der Waals surface area (Å²) >= 11 is 1.12. The van der Waals surface area contributed by atoms with Crippen LogP contribution in [0, 0.1) is 11.3 Å². The Balaban J connectivity index is 1.53. The van der Waals surface area contributed by atoms with E-state index in [1.807, 2.05) is 6.07 Å². The number of fused-ring (bicyclic) bond motifs is 1. The molecule has 0 aliphatic heterocycles. The second-order valence-corrected chi connectivity index (χ2v) is 7.33. The van der Waals surface area contributed by atoms with E-state index in [1.54, 1.807) is 0 Å². The van der Waals surface area contributed by atoms with Gasteiger partial charge in [-0.1, -0.05) is 0 Å². The highest BCUT2D eigenvalue weighted by atomic mass is 32.1. The molecule has 0 radical (unpaired) electrons. The van der Waals surface area contributed by atoms with Gasteiger partial charge in [-0.3, -0.25) is 4.79 Å². The lowest BCUT2D eigenvalue weighted by Crippen LogP contribution is -2.21. The summed E-state index contributed by atoms with van der Waals surface area (Å²) in [6.07, 6.45) is 0.833. The lowest BCUT2D eigenvalue weighted by atomic mass is 10.2. The Morgan fingerprint density at radius 2 is 1.85 bits per heavy atom. The molecule has 1 amide bonds. The maximum atomic E-state index is 14.0. The van der Waals surface area contributed by atoms with E-state index < -0.39 is 23.3 Å². The average Bonchev–Trinajstić information content (AvgIpc) is 3.58. The van der Waals surface area contributed by atoms with Crippen LogP contribution in [0.5, 0.6) is 0 Å². The van der Waals surface area contributed by atoms with Crippen LogP contribution in [-0.4, -0.2) is 50.6 Å². The molecule has 0 saturated heterocycles. The molecule has 0 saturated carbocycles. The number of rotatable bonds is 4.